The van der Waals surface area contributed by atoms with Gasteiger partial charge in [-0.25, -0.2) is 0 Å². The highest BCUT2D eigenvalue weighted by atomic mass is 16.6. The molecule has 0 aliphatic carbocycles. The normalized spacial score (nSPS) is 11.7. The summed E-state index contributed by atoms with van der Waals surface area (Å²) in [5.41, 5.74) is 4.97. The predicted octanol–water partition coefficient (Wildman–Crippen LogP) is 6.80. The maximum absolute atomic E-state index is 11.6. The van der Waals surface area contributed by atoms with Crippen LogP contribution in [-0.2, 0) is 0 Å². The van der Waals surface area contributed by atoms with Crippen molar-refractivity contribution in [3.05, 3.63) is 89.0 Å². The van der Waals surface area contributed by atoms with E-state index in [1.165, 1.54) is 6.07 Å². The second kappa shape index (κ2) is 5.69. The van der Waals surface area contributed by atoms with E-state index in [-0.39, 0.29) is 10.6 Å². The van der Waals surface area contributed by atoms with Crippen LogP contribution in [0.1, 0.15) is 0 Å². The maximum atomic E-state index is 11.6. The van der Waals surface area contributed by atoms with Gasteiger partial charge >= 0.3 is 0 Å². The lowest BCUT2D eigenvalue weighted by molar-refractivity contribution is -0.384. The molecule has 0 unspecified atom stereocenters. The van der Waals surface area contributed by atoms with Crippen LogP contribution in [0.4, 0.5) is 5.69 Å². The van der Waals surface area contributed by atoms with Gasteiger partial charge in [-0.3, -0.25) is 10.1 Å². The van der Waals surface area contributed by atoms with E-state index < -0.39 is 0 Å². The second-order valence-electron chi connectivity index (χ2n) is 7.09. The summed E-state index contributed by atoms with van der Waals surface area (Å²) in [7, 11) is 0. The van der Waals surface area contributed by atoms with Gasteiger partial charge in [0.25, 0.3) is 5.69 Å². The summed E-state index contributed by atoms with van der Waals surface area (Å²) in [4.78, 5) is 14.7. The number of furan rings is 1. The van der Waals surface area contributed by atoms with Crippen LogP contribution in [0.5, 0.6) is 0 Å². The number of aromatic amines is 1. The Hall–Kier alpha value is -4.12. The van der Waals surface area contributed by atoms with Crippen LogP contribution in [0.25, 0.3) is 54.9 Å². The molecule has 5 nitrogen and oxygen atoms in total. The van der Waals surface area contributed by atoms with Crippen LogP contribution in [0.3, 0.4) is 0 Å². The summed E-state index contributed by atoms with van der Waals surface area (Å²) < 4.78 is 6.21. The van der Waals surface area contributed by atoms with Crippen molar-refractivity contribution < 1.29 is 9.34 Å². The summed E-state index contributed by atoms with van der Waals surface area (Å²) in [6.45, 7) is 0. The number of fused-ring (bicyclic) bond motifs is 7. The number of nitrogens with zero attached hydrogens (tertiary/aromatic N) is 1. The molecule has 1 N–H and O–H groups in total. The Morgan fingerprint density at radius 2 is 1.52 bits per heavy atom. The van der Waals surface area contributed by atoms with Gasteiger partial charge in [-0.05, 0) is 24.3 Å². The molecule has 0 atom stereocenters. The van der Waals surface area contributed by atoms with E-state index >= 15 is 0 Å². The second-order valence-corrected chi connectivity index (χ2v) is 7.09. The fourth-order valence-corrected chi connectivity index (χ4v) is 4.28. The number of benzene rings is 4. The van der Waals surface area contributed by atoms with Gasteiger partial charge in [0.15, 0.2) is 0 Å². The van der Waals surface area contributed by atoms with Gasteiger partial charge in [0.1, 0.15) is 11.2 Å². The molecule has 6 rings (SSSR count). The number of rotatable bonds is 2. The van der Waals surface area contributed by atoms with E-state index in [1.807, 2.05) is 48.5 Å². The van der Waals surface area contributed by atoms with Crippen molar-refractivity contribution in [2.75, 3.05) is 0 Å². The molecule has 0 saturated carbocycles. The molecule has 0 saturated heterocycles. The van der Waals surface area contributed by atoms with Crippen molar-refractivity contribution in [1.29, 1.82) is 0 Å². The Balaban J connectivity index is 1.76. The standard InChI is InChI=1S/C24H14N2O3/c27-26(28)20-10-3-1-6-14(20)16-8-5-9-18-22-19(25-23(16)18)13-12-17-15-7-2-4-11-21(15)29-24(17)22/h1-13,25H. The topological polar surface area (TPSA) is 72.1 Å². The van der Waals surface area contributed by atoms with Gasteiger partial charge in [0, 0.05) is 27.8 Å². The summed E-state index contributed by atoms with van der Waals surface area (Å²) in [6, 6.07) is 24.8. The van der Waals surface area contributed by atoms with Crippen LogP contribution >= 0.6 is 0 Å². The van der Waals surface area contributed by atoms with Gasteiger partial charge in [-0.1, -0.05) is 48.5 Å². The lowest BCUT2D eigenvalue weighted by Gasteiger charge is -2.04. The van der Waals surface area contributed by atoms with Crippen LogP contribution in [0.15, 0.2) is 83.3 Å². The molecule has 0 bridgehead atoms. The number of hydrogen-bond donors (Lipinski definition) is 1. The Kier molecular flexibility index (Phi) is 3.12. The Morgan fingerprint density at radius 3 is 2.41 bits per heavy atom. The predicted molar refractivity (Wildman–Crippen MR) is 115 cm³/mol. The molecule has 6 aromatic rings. The summed E-state index contributed by atoms with van der Waals surface area (Å²) >= 11 is 0. The molecule has 0 aliphatic heterocycles. The minimum absolute atomic E-state index is 0.0903. The zero-order valence-corrected chi connectivity index (χ0v) is 15.2. The molecule has 0 fully saturated rings. The zero-order chi connectivity index (χ0) is 19.5. The molecule has 2 aromatic heterocycles. The first kappa shape index (κ1) is 15.9. The SMILES string of the molecule is O=[N+]([O-])c1ccccc1-c1cccc2c1[nH]c1ccc3c4ccccc4oc3c12. The van der Waals surface area contributed by atoms with Crippen molar-refractivity contribution in [1.82, 2.24) is 4.98 Å². The van der Waals surface area contributed by atoms with Crippen LogP contribution < -0.4 is 0 Å². The Labute approximate surface area is 164 Å². The molecular weight excluding hydrogens is 364 g/mol. The Bertz CT molecular complexity index is 1590. The first-order chi connectivity index (χ1) is 14.2. The third-order valence-corrected chi connectivity index (χ3v) is 5.53. The maximum Gasteiger partial charge on any atom is 0.277 e. The van der Waals surface area contributed by atoms with E-state index in [0.29, 0.717) is 5.56 Å². The van der Waals surface area contributed by atoms with Gasteiger partial charge in [-0.2, -0.15) is 0 Å². The zero-order valence-electron chi connectivity index (χ0n) is 15.2. The van der Waals surface area contributed by atoms with E-state index in [2.05, 4.69) is 17.1 Å². The van der Waals surface area contributed by atoms with Crippen LogP contribution in [0.2, 0.25) is 0 Å². The number of H-pyrrole nitrogens is 1. The third-order valence-electron chi connectivity index (χ3n) is 5.53. The van der Waals surface area contributed by atoms with Gasteiger partial charge in [-0.15, -0.1) is 0 Å². The fourth-order valence-electron chi connectivity index (χ4n) is 4.28. The lowest BCUT2D eigenvalue weighted by atomic mass is 10.00. The molecule has 5 heteroatoms. The molecule has 2 heterocycles. The van der Waals surface area contributed by atoms with Crippen molar-refractivity contribution in [2.45, 2.75) is 0 Å². The lowest BCUT2D eigenvalue weighted by Crippen LogP contribution is -1.92. The number of aromatic nitrogens is 1. The highest BCUT2D eigenvalue weighted by Crippen LogP contribution is 2.41. The minimum atomic E-state index is -0.339. The number of para-hydroxylation sites is 3. The van der Waals surface area contributed by atoms with Crippen molar-refractivity contribution in [3.63, 3.8) is 0 Å². The quantitative estimate of drug-likeness (QED) is 0.266. The van der Waals surface area contributed by atoms with Crippen molar-refractivity contribution >= 4 is 49.4 Å². The van der Waals surface area contributed by atoms with Crippen LogP contribution in [0, 0.1) is 10.1 Å². The van der Waals surface area contributed by atoms with Gasteiger partial charge in [0.05, 0.1) is 26.9 Å². The summed E-state index contributed by atoms with van der Waals surface area (Å²) in [5.74, 6) is 0. The monoisotopic (exact) mass is 378 g/mol. The van der Waals surface area contributed by atoms with E-state index in [9.17, 15) is 10.1 Å². The van der Waals surface area contributed by atoms with E-state index in [1.54, 1.807) is 12.1 Å². The van der Waals surface area contributed by atoms with E-state index in [0.717, 1.165) is 49.3 Å². The first-order valence-electron chi connectivity index (χ1n) is 9.31. The number of nitro groups is 1. The molecule has 29 heavy (non-hydrogen) atoms. The fraction of sp³-hybridized carbons (Fsp3) is 0. The largest absolute Gasteiger partial charge is 0.455 e. The number of hydrogen-bond acceptors (Lipinski definition) is 3. The summed E-state index contributed by atoms with van der Waals surface area (Å²) in [5, 5.41) is 15.7. The smallest absolute Gasteiger partial charge is 0.277 e. The molecule has 0 radical (unpaired) electrons. The molecule has 4 aromatic carbocycles. The number of nitrogens with one attached hydrogen (secondary N) is 1. The Morgan fingerprint density at radius 1 is 0.759 bits per heavy atom. The van der Waals surface area contributed by atoms with Gasteiger partial charge < -0.3 is 9.40 Å². The third kappa shape index (κ3) is 2.15. The summed E-state index contributed by atoms with van der Waals surface area (Å²) in [6.07, 6.45) is 0. The average molecular weight is 378 g/mol. The van der Waals surface area contributed by atoms with Crippen molar-refractivity contribution in [2.24, 2.45) is 0 Å². The average Bonchev–Trinajstić information content (AvgIpc) is 3.31. The molecular formula is C24H14N2O3. The number of nitro benzene ring substituents is 1. The molecule has 138 valence electrons. The highest BCUT2D eigenvalue weighted by molar-refractivity contribution is 6.24. The highest BCUT2D eigenvalue weighted by Gasteiger charge is 2.20. The first-order valence-corrected chi connectivity index (χ1v) is 9.31. The molecule has 0 spiro atoms. The minimum Gasteiger partial charge on any atom is -0.455 e. The molecule has 0 aliphatic rings. The molecule has 0 amide bonds. The van der Waals surface area contributed by atoms with Crippen LogP contribution in [-0.4, -0.2) is 9.91 Å². The van der Waals surface area contributed by atoms with E-state index in [4.69, 9.17) is 4.42 Å². The van der Waals surface area contributed by atoms with Gasteiger partial charge in [0.2, 0.25) is 0 Å². The van der Waals surface area contributed by atoms with Crippen molar-refractivity contribution in [3.8, 4) is 11.1 Å².